The zero-order chi connectivity index (χ0) is 18.7. The molecule has 0 saturated heterocycles. The Morgan fingerprint density at radius 1 is 1.04 bits per heavy atom. The van der Waals surface area contributed by atoms with Crippen LogP contribution < -0.4 is 10.1 Å². The number of amides is 1. The van der Waals surface area contributed by atoms with Crippen LogP contribution in [-0.2, 0) is 6.61 Å². The minimum atomic E-state index is -0.802. The molecule has 0 aliphatic carbocycles. The van der Waals surface area contributed by atoms with Gasteiger partial charge in [0.25, 0.3) is 5.91 Å². The van der Waals surface area contributed by atoms with Gasteiger partial charge in [-0.15, -0.1) is 0 Å². The molecule has 134 valence electrons. The molecule has 1 amide bonds. The maximum atomic E-state index is 13.5. The lowest BCUT2D eigenvalue weighted by Crippen LogP contribution is -2.11. The van der Waals surface area contributed by atoms with Crippen molar-refractivity contribution in [2.24, 2.45) is 0 Å². The summed E-state index contributed by atoms with van der Waals surface area (Å²) in [6.45, 7) is 3.80. The first-order valence-corrected chi connectivity index (χ1v) is 7.97. The van der Waals surface area contributed by atoms with E-state index in [0.29, 0.717) is 11.4 Å². The van der Waals surface area contributed by atoms with E-state index in [1.165, 1.54) is 12.1 Å². The van der Waals surface area contributed by atoms with Crippen LogP contribution in [0.25, 0.3) is 0 Å². The number of carbonyl (C=O) groups is 1. The average molecular weight is 357 g/mol. The lowest BCUT2D eigenvalue weighted by atomic mass is 10.1. The number of rotatable bonds is 5. The summed E-state index contributed by atoms with van der Waals surface area (Å²) >= 11 is 0. The van der Waals surface area contributed by atoms with Gasteiger partial charge in [-0.25, -0.2) is 8.78 Å². The number of ether oxygens (including phenoxy) is 1. The van der Waals surface area contributed by atoms with Crippen LogP contribution >= 0.6 is 0 Å². The molecular weight excluding hydrogens is 340 g/mol. The predicted molar refractivity (Wildman–Crippen MR) is 93.3 cm³/mol. The lowest BCUT2D eigenvalue weighted by Gasteiger charge is -2.06. The third-order valence-electron chi connectivity index (χ3n) is 3.63. The van der Waals surface area contributed by atoms with E-state index in [1.807, 2.05) is 32.0 Å². The highest BCUT2D eigenvalue weighted by Crippen LogP contribution is 2.20. The van der Waals surface area contributed by atoms with Crippen molar-refractivity contribution in [3.63, 3.8) is 0 Å². The smallest absolute Gasteiger partial charge is 0.291 e. The fourth-order valence-corrected chi connectivity index (χ4v) is 2.56. The van der Waals surface area contributed by atoms with Crippen LogP contribution in [0.15, 0.2) is 52.9 Å². The molecule has 0 radical (unpaired) electrons. The Labute approximate surface area is 149 Å². The SMILES string of the molecule is Cc1cc(C)cc(NC(=O)c2ccc(COc3ccc(F)cc3F)o2)c1. The van der Waals surface area contributed by atoms with Gasteiger partial charge in [0.2, 0.25) is 0 Å². The summed E-state index contributed by atoms with van der Waals surface area (Å²) in [6, 6.07) is 11.8. The van der Waals surface area contributed by atoms with Crippen molar-refractivity contribution < 1.29 is 22.7 Å². The number of furan rings is 1. The molecule has 2 aromatic carbocycles. The Hall–Kier alpha value is -3.15. The molecule has 0 spiro atoms. The normalized spacial score (nSPS) is 10.6. The molecule has 0 atom stereocenters. The quantitative estimate of drug-likeness (QED) is 0.699. The molecule has 1 aromatic heterocycles. The maximum Gasteiger partial charge on any atom is 0.291 e. The highest BCUT2D eigenvalue weighted by molar-refractivity contribution is 6.02. The number of nitrogens with one attached hydrogen (secondary N) is 1. The van der Waals surface area contributed by atoms with Crippen molar-refractivity contribution in [3.8, 4) is 5.75 Å². The summed E-state index contributed by atoms with van der Waals surface area (Å²) in [4.78, 5) is 12.3. The molecule has 1 N–H and O–H groups in total. The first-order valence-electron chi connectivity index (χ1n) is 7.97. The van der Waals surface area contributed by atoms with Gasteiger partial charge in [-0.2, -0.15) is 0 Å². The molecule has 0 aliphatic rings. The fraction of sp³-hybridized carbons (Fsp3) is 0.150. The van der Waals surface area contributed by atoms with E-state index in [4.69, 9.17) is 9.15 Å². The molecule has 4 nitrogen and oxygen atoms in total. The molecule has 0 fully saturated rings. The van der Waals surface area contributed by atoms with E-state index in [1.54, 1.807) is 6.07 Å². The zero-order valence-corrected chi connectivity index (χ0v) is 14.3. The minimum Gasteiger partial charge on any atom is -0.483 e. The Morgan fingerprint density at radius 3 is 2.46 bits per heavy atom. The highest BCUT2D eigenvalue weighted by Gasteiger charge is 2.13. The number of hydrogen-bond acceptors (Lipinski definition) is 3. The summed E-state index contributed by atoms with van der Waals surface area (Å²) in [5.74, 6) is -1.51. The second-order valence-corrected chi connectivity index (χ2v) is 5.96. The van der Waals surface area contributed by atoms with Crippen LogP contribution in [0.3, 0.4) is 0 Å². The van der Waals surface area contributed by atoms with Gasteiger partial charge < -0.3 is 14.5 Å². The summed E-state index contributed by atoms with van der Waals surface area (Å²) in [6.07, 6.45) is 0. The molecule has 6 heteroatoms. The summed E-state index contributed by atoms with van der Waals surface area (Å²) in [7, 11) is 0. The van der Waals surface area contributed by atoms with Gasteiger partial charge in [-0.3, -0.25) is 4.79 Å². The predicted octanol–water partition coefficient (Wildman–Crippen LogP) is 5.01. The van der Waals surface area contributed by atoms with E-state index < -0.39 is 17.5 Å². The van der Waals surface area contributed by atoms with E-state index >= 15 is 0 Å². The molecule has 3 aromatic rings. The Morgan fingerprint density at radius 2 is 1.77 bits per heavy atom. The first kappa shape index (κ1) is 17.7. The fourth-order valence-electron chi connectivity index (χ4n) is 2.56. The van der Waals surface area contributed by atoms with Crippen molar-refractivity contribution >= 4 is 11.6 Å². The molecule has 1 heterocycles. The van der Waals surface area contributed by atoms with Crippen molar-refractivity contribution in [1.29, 1.82) is 0 Å². The molecular formula is C20H17F2NO3. The minimum absolute atomic E-state index is 0.0839. The van der Waals surface area contributed by atoms with Gasteiger partial charge in [-0.05, 0) is 61.4 Å². The molecule has 0 saturated carbocycles. The number of carbonyl (C=O) groups excluding carboxylic acids is 1. The van der Waals surface area contributed by atoms with E-state index in [0.717, 1.165) is 23.3 Å². The third-order valence-corrected chi connectivity index (χ3v) is 3.63. The summed E-state index contributed by atoms with van der Waals surface area (Å²) in [5.41, 5.74) is 2.75. The molecule has 0 unspecified atom stereocenters. The van der Waals surface area contributed by atoms with E-state index in [2.05, 4.69) is 5.32 Å². The van der Waals surface area contributed by atoms with Crippen molar-refractivity contribution in [2.45, 2.75) is 20.5 Å². The number of halogens is 2. The number of aryl methyl sites for hydroxylation is 2. The Bertz CT molecular complexity index is 930. The second kappa shape index (κ2) is 7.39. The molecule has 3 rings (SSSR count). The van der Waals surface area contributed by atoms with Crippen LogP contribution in [0.5, 0.6) is 5.75 Å². The van der Waals surface area contributed by atoms with Gasteiger partial charge >= 0.3 is 0 Å². The first-order chi connectivity index (χ1) is 12.4. The van der Waals surface area contributed by atoms with Crippen LogP contribution in [0.2, 0.25) is 0 Å². The van der Waals surface area contributed by atoms with Gasteiger partial charge in [-0.1, -0.05) is 6.07 Å². The van der Waals surface area contributed by atoms with Crippen LogP contribution in [0.1, 0.15) is 27.4 Å². The summed E-state index contributed by atoms with van der Waals surface area (Å²) < 4.78 is 37.1. The average Bonchev–Trinajstić information content (AvgIpc) is 3.02. The van der Waals surface area contributed by atoms with Gasteiger partial charge in [0, 0.05) is 11.8 Å². The Kier molecular flexibility index (Phi) is 5.02. The van der Waals surface area contributed by atoms with Crippen molar-refractivity contribution in [3.05, 3.63) is 82.8 Å². The van der Waals surface area contributed by atoms with Crippen LogP contribution in [0.4, 0.5) is 14.5 Å². The van der Waals surface area contributed by atoms with Crippen molar-refractivity contribution in [2.75, 3.05) is 5.32 Å². The molecule has 26 heavy (non-hydrogen) atoms. The highest BCUT2D eigenvalue weighted by atomic mass is 19.1. The Balaban J connectivity index is 1.64. The summed E-state index contributed by atoms with van der Waals surface area (Å²) in [5, 5.41) is 2.77. The topological polar surface area (TPSA) is 51.5 Å². The van der Waals surface area contributed by atoms with Crippen molar-refractivity contribution in [1.82, 2.24) is 0 Å². The molecule has 0 bridgehead atoms. The van der Waals surface area contributed by atoms with Crippen LogP contribution in [0, 0.1) is 25.5 Å². The number of benzene rings is 2. The zero-order valence-electron chi connectivity index (χ0n) is 14.3. The second-order valence-electron chi connectivity index (χ2n) is 5.96. The molecule has 0 aliphatic heterocycles. The largest absolute Gasteiger partial charge is 0.483 e. The van der Waals surface area contributed by atoms with Crippen LogP contribution in [-0.4, -0.2) is 5.91 Å². The van der Waals surface area contributed by atoms with E-state index in [-0.39, 0.29) is 18.1 Å². The monoisotopic (exact) mass is 357 g/mol. The van der Waals surface area contributed by atoms with E-state index in [9.17, 15) is 13.6 Å². The standard InChI is InChI=1S/C20H17F2NO3/c1-12-7-13(2)9-15(8-12)23-20(24)19-6-4-16(26-19)11-25-18-5-3-14(21)10-17(18)22/h3-10H,11H2,1-2H3,(H,23,24). The third kappa shape index (κ3) is 4.27. The van der Waals surface area contributed by atoms with Gasteiger partial charge in [0.15, 0.2) is 17.3 Å². The van der Waals surface area contributed by atoms with Gasteiger partial charge in [0.1, 0.15) is 18.2 Å². The van der Waals surface area contributed by atoms with Gasteiger partial charge in [0.05, 0.1) is 0 Å². The number of anilines is 1. The number of hydrogen-bond donors (Lipinski definition) is 1. The maximum absolute atomic E-state index is 13.5. The lowest BCUT2D eigenvalue weighted by molar-refractivity contribution is 0.0992.